The molecule has 0 aliphatic carbocycles. The van der Waals surface area contributed by atoms with E-state index >= 15 is 0 Å². The zero-order chi connectivity index (χ0) is 15.2. The van der Waals surface area contributed by atoms with Crippen LogP contribution in [-0.4, -0.2) is 23.7 Å². The van der Waals surface area contributed by atoms with Crippen molar-refractivity contribution in [1.29, 1.82) is 0 Å². The van der Waals surface area contributed by atoms with Crippen LogP contribution in [0.3, 0.4) is 0 Å². The van der Waals surface area contributed by atoms with E-state index in [9.17, 15) is 9.90 Å². The average molecular weight is 291 g/mol. The second-order valence-corrected chi connectivity index (χ2v) is 5.53. The molecule has 21 heavy (non-hydrogen) atoms. The lowest BCUT2D eigenvalue weighted by Gasteiger charge is -2.34. The Morgan fingerprint density at radius 1 is 1.24 bits per heavy atom. The standard InChI is InChI=1S/C17H25NO3/c1-3-5-6-7-10-18-14-9-8-13(12-19)11-16(14)21-15(4-2)17(18)20/h8-9,11,15,19H,3-7,10,12H2,1-2H3. The Morgan fingerprint density at radius 3 is 2.71 bits per heavy atom. The van der Waals surface area contributed by atoms with Crippen LogP contribution in [0, 0.1) is 0 Å². The molecule has 2 rings (SSSR count). The first kappa shape index (κ1) is 15.8. The lowest BCUT2D eigenvalue weighted by molar-refractivity contribution is -0.126. The molecule has 0 spiro atoms. The zero-order valence-corrected chi connectivity index (χ0v) is 13.0. The molecule has 1 atom stereocenters. The summed E-state index contributed by atoms with van der Waals surface area (Å²) in [5, 5.41) is 9.24. The number of anilines is 1. The molecule has 0 saturated carbocycles. The summed E-state index contributed by atoms with van der Waals surface area (Å²) in [4.78, 5) is 14.3. The maximum atomic E-state index is 12.5. The Hall–Kier alpha value is -1.55. The van der Waals surface area contributed by atoms with Gasteiger partial charge in [-0.05, 0) is 30.5 Å². The Kier molecular flexibility index (Phi) is 5.62. The van der Waals surface area contributed by atoms with Gasteiger partial charge in [-0.2, -0.15) is 0 Å². The number of fused-ring (bicyclic) bond motifs is 1. The Balaban J connectivity index is 2.19. The molecule has 116 valence electrons. The minimum Gasteiger partial charge on any atom is -0.478 e. The van der Waals surface area contributed by atoms with E-state index < -0.39 is 6.10 Å². The van der Waals surface area contributed by atoms with E-state index in [0.29, 0.717) is 12.2 Å². The van der Waals surface area contributed by atoms with Crippen molar-refractivity contribution < 1.29 is 14.6 Å². The third-order valence-corrected chi connectivity index (χ3v) is 3.91. The highest BCUT2D eigenvalue weighted by atomic mass is 16.5. The van der Waals surface area contributed by atoms with Crippen molar-refractivity contribution in [2.75, 3.05) is 11.4 Å². The Bertz CT molecular complexity index is 487. The molecule has 1 amide bonds. The average Bonchev–Trinajstić information content (AvgIpc) is 2.52. The van der Waals surface area contributed by atoms with E-state index in [1.807, 2.05) is 30.0 Å². The molecule has 1 aromatic carbocycles. The van der Waals surface area contributed by atoms with Crippen LogP contribution in [0.1, 0.15) is 51.5 Å². The van der Waals surface area contributed by atoms with Gasteiger partial charge in [0.2, 0.25) is 0 Å². The predicted octanol–water partition coefficient (Wildman–Crippen LogP) is 3.26. The third-order valence-electron chi connectivity index (χ3n) is 3.91. The number of carbonyl (C=O) groups is 1. The zero-order valence-electron chi connectivity index (χ0n) is 13.0. The fourth-order valence-corrected chi connectivity index (χ4v) is 2.66. The van der Waals surface area contributed by atoms with Gasteiger partial charge < -0.3 is 14.7 Å². The summed E-state index contributed by atoms with van der Waals surface area (Å²) >= 11 is 0. The molecule has 1 heterocycles. The molecule has 0 radical (unpaired) electrons. The first-order valence-electron chi connectivity index (χ1n) is 7.93. The van der Waals surface area contributed by atoms with Crippen molar-refractivity contribution in [3.05, 3.63) is 23.8 Å². The fraction of sp³-hybridized carbons (Fsp3) is 0.588. The topological polar surface area (TPSA) is 49.8 Å². The number of aliphatic hydroxyl groups is 1. The maximum Gasteiger partial charge on any atom is 0.268 e. The van der Waals surface area contributed by atoms with Crippen molar-refractivity contribution in [3.63, 3.8) is 0 Å². The molecular weight excluding hydrogens is 266 g/mol. The van der Waals surface area contributed by atoms with Crippen molar-refractivity contribution in [1.82, 2.24) is 0 Å². The van der Waals surface area contributed by atoms with Crippen LogP contribution >= 0.6 is 0 Å². The molecule has 0 fully saturated rings. The minimum absolute atomic E-state index is 0.0160. The monoisotopic (exact) mass is 291 g/mol. The second-order valence-electron chi connectivity index (χ2n) is 5.53. The lowest BCUT2D eigenvalue weighted by Crippen LogP contribution is -2.46. The molecule has 1 N–H and O–H groups in total. The van der Waals surface area contributed by atoms with Crippen molar-refractivity contribution >= 4 is 11.6 Å². The summed E-state index contributed by atoms with van der Waals surface area (Å²) in [7, 11) is 0. The van der Waals surface area contributed by atoms with Gasteiger partial charge in [0.15, 0.2) is 6.10 Å². The molecule has 1 aliphatic rings. The molecule has 0 bridgehead atoms. The number of unbranched alkanes of at least 4 members (excludes halogenated alkanes) is 3. The molecular formula is C17H25NO3. The minimum atomic E-state index is -0.405. The molecule has 0 aromatic heterocycles. The number of aliphatic hydroxyl groups excluding tert-OH is 1. The number of nitrogens with zero attached hydrogens (tertiary/aromatic N) is 1. The summed E-state index contributed by atoms with van der Waals surface area (Å²) in [5.74, 6) is 0.765. The highest BCUT2D eigenvalue weighted by molar-refractivity contribution is 6.00. The SMILES string of the molecule is CCCCCCN1C(=O)C(CC)Oc2cc(CO)ccc21. The molecule has 1 unspecified atom stereocenters. The molecule has 1 aromatic rings. The number of carbonyl (C=O) groups excluding carboxylic acids is 1. The second kappa shape index (κ2) is 7.46. The van der Waals surface area contributed by atoms with Crippen LogP contribution in [0.15, 0.2) is 18.2 Å². The predicted molar refractivity (Wildman–Crippen MR) is 83.6 cm³/mol. The van der Waals surface area contributed by atoms with E-state index in [1.165, 1.54) is 12.8 Å². The largest absolute Gasteiger partial charge is 0.478 e. The van der Waals surface area contributed by atoms with Gasteiger partial charge in [0.1, 0.15) is 5.75 Å². The number of hydrogen-bond acceptors (Lipinski definition) is 3. The summed E-state index contributed by atoms with van der Waals surface area (Å²) in [6.45, 7) is 4.86. The quantitative estimate of drug-likeness (QED) is 0.784. The third kappa shape index (κ3) is 3.56. The highest BCUT2D eigenvalue weighted by Gasteiger charge is 2.32. The van der Waals surface area contributed by atoms with Crippen LogP contribution < -0.4 is 9.64 Å². The number of hydrogen-bond donors (Lipinski definition) is 1. The van der Waals surface area contributed by atoms with Gasteiger partial charge in [-0.25, -0.2) is 0 Å². The Morgan fingerprint density at radius 2 is 2.05 bits per heavy atom. The van der Waals surface area contributed by atoms with Crippen LogP contribution in [-0.2, 0) is 11.4 Å². The van der Waals surface area contributed by atoms with E-state index in [2.05, 4.69) is 6.92 Å². The van der Waals surface area contributed by atoms with Crippen molar-refractivity contribution in [3.8, 4) is 5.75 Å². The van der Waals surface area contributed by atoms with E-state index in [1.54, 1.807) is 0 Å². The van der Waals surface area contributed by atoms with Crippen molar-refractivity contribution in [2.45, 2.75) is 58.7 Å². The number of rotatable bonds is 7. The number of benzene rings is 1. The van der Waals surface area contributed by atoms with Gasteiger partial charge in [0, 0.05) is 6.54 Å². The van der Waals surface area contributed by atoms with Gasteiger partial charge in [-0.15, -0.1) is 0 Å². The summed E-state index contributed by atoms with van der Waals surface area (Å²) < 4.78 is 5.79. The summed E-state index contributed by atoms with van der Waals surface area (Å²) in [6, 6.07) is 5.56. The van der Waals surface area contributed by atoms with Gasteiger partial charge in [0.05, 0.1) is 12.3 Å². The lowest BCUT2D eigenvalue weighted by atomic mass is 10.1. The Labute approximate surface area is 126 Å². The van der Waals surface area contributed by atoms with Gasteiger partial charge in [-0.3, -0.25) is 4.79 Å². The maximum absolute atomic E-state index is 12.5. The molecule has 4 nitrogen and oxygen atoms in total. The van der Waals surface area contributed by atoms with E-state index in [4.69, 9.17) is 4.74 Å². The smallest absolute Gasteiger partial charge is 0.268 e. The fourth-order valence-electron chi connectivity index (χ4n) is 2.66. The van der Waals surface area contributed by atoms with E-state index in [-0.39, 0.29) is 12.5 Å². The normalized spacial score (nSPS) is 17.6. The first-order chi connectivity index (χ1) is 10.2. The molecule has 4 heteroatoms. The first-order valence-corrected chi connectivity index (χ1v) is 7.93. The number of amides is 1. The molecule has 1 aliphatic heterocycles. The number of ether oxygens (including phenoxy) is 1. The highest BCUT2D eigenvalue weighted by Crippen LogP contribution is 2.35. The van der Waals surface area contributed by atoms with Crippen molar-refractivity contribution in [2.24, 2.45) is 0 Å². The van der Waals surface area contributed by atoms with Crippen LogP contribution in [0.5, 0.6) is 5.75 Å². The van der Waals surface area contributed by atoms with Gasteiger partial charge in [0.25, 0.3) is 5.91 Å². The van der Waals surface area contributed by atoms with Crippen LogP contribution in [0.25, 0.3) is 0 Å². The van der Waals surface area contributed by atoms with E-state index in [0.717, 1.165) is 30.6 Å². The van der Waals surface area contributed by atoms with Gasteiger partial charge >= 0.3 is 0 Å². The van der Waals surface area contributed by atoms with Crippen LogP contribution in [0.2, 0.25) is 0 Å². The summed E-state index contributed by atoms with van der Waals surface area (Å²) in [6.07, 6.45) is 4.79. The van der Waals surface area contributed by atoms with Gasteiger partial charge in [-0.1, -0.05) is 39.2 Å². The summed E-state index contributed by atoms with van der Waals surface area (Å²) in [5.41, 5.74) is 1.64. The van der Waals surface area contributed by atoms with Crippen LogP contribution in [0.4, 0.5) is 5.69 Å². The molecule has 0 saturated heterocycles.